The standard InChI is InChI=1S/C20H18ClN3O3/c1-14(25)23-8-10-24(11-9-23)20(26)16(13-22)12-18-6-7-19(27-18)15-2-4-17(21)5-3-15/h2-7,12H,8-11H2,1H3/b16-12-. The summed E-state index contributed by atoms with van der Waals surface area (Å²) >= 11 is 5.89. The summed E-state index contributed by atoms with van der Waals surface area (Å²) in [5.74, 6) is 0.679. The van der Waals surface area contributed by atoms with E-state index in [1.165, 1.54) is 13.0 Å². The largest absolute Gasteiger partial charge is 0.457 e. The van der Waals surface area contributed by atoms with E-state index in [0.29, 0.717) is 42.7 Å². The van der Waals surface area contributed by atoms with Gasteiger partial charge in [-0.3, -0.25) is 9.59 Å². The molecular formula is C20H18ClN3O3. The third kappa shape index (κ3) is 4.39. The van der Waals surface area contributed by atoms with Crippen molar-refractivity contribution < 1.29 is 14.0 Å². The van der Waals surface area contributed by atoms with E-state index in [4.69, 9.17) is 16.0 Å². The van der Waals surface area contributed by atoms with Gasteiger partial charge in [-0.2, -0.15) is 5.26 Å². The number of hydrogen-bond donors (Lipinski definition) is 0. The molecule has 6 nitrogen and oxygen atoms in total. The van der Waals surface area contributed by atoms with Crippen LogP contribution in [-0.4, -0.2) is 47.8 Å². The number of carbonyl (C=O) groups is 2. The lowest BCUT2D eigenvalue weighted by Crippen LogP contribution is -2.50. The SMILES string of the molecule is CC(=O)N1CCN(C(=O)/C(C#N)=C\c2ccc(-c3ccc(Cl)cc3)o2)CC1. The molecule has 0 atom stereocenters. The van der Waals surface area contributed by atoms with Gasteiger partial charge in [0.25, 0.3) is 5.91 Å². The number of rotatable bonds is 3. The summed E-state index contributed by atoms with van der Waals surface area (Å²) in [5, 5.41) is 10.0. The molecule has 2 amide bonds. The van der Waals surface area contributed by atoms with Crippen LogP contribution < -0.4 is 0 Å². The summed E-state index contributed by atoms with van der Waals surface area (Å²) in [7, 11) is 0. The topological polar surface area (TPSA) is 77.5 Å². The van der Waals surface area contributed by atoms with Crippen LogP contribution in [-0.2, 0) is 9.59 Å². The van der Waals surface area contributed by atoms with Crippen LogP contribution >= 0.6 is 11.6 Å². The fraction of sp³-hybridized carbons (Fsp3) is 0.250. The number of furan rings is 1. The molecule has 1 fully saturated rings. The number of piperazine rings is 1. The molecule has 27 heavy (non-hydrogen) atoms. The molecule has 1 saturated heterocycles. The van der Waals surface area contributed by atoms with Crippen molar-refractivity contribution in [1.29, 1.82) is 5.26 Å². The summed E-state index contributed by atoms with van der Waals surface area (Å²) in [6.45, 7) is 3.27. The Morgan fingerprint density at radius 2 is 1.70 bits per heavy atom. The van der Waals surface area contributed by atoms with Crippen molar-refractivity contribution in [3.8, 4) is 17.4 Å². The summed E-state index contributed by atoms with van der Waals surface area (Å²) in [4.78, 5) is 27.2. The molecule has 0 N–H and O–H groups in total. The number of nitrogens with zero attached hydrogens (tertiary/aromatic N) is 3. The minimum absolute atomic E-state index is 0.00304. The zero-order valence-corrected chi connectivity index (χ0v) is 15.6. The van der Waals surface area contributed by atoms with E-state index in [-0.39, 0.29) is 17.4 Å². The quantitative estimate of drug-likeness (QED) is 0.602. The maximum Gasteiger partial charge on any atom is 0.264 e. The molecule has 0 spiro atoms. The molecule has 3 rings (SSSR count). The van der Waals surface area contributed by atoms with Crippen molar-refractivity contribution in [2.45, 2.75) is 6.92 Å². The minimum Gasteiger partial charge on any atom is -0.457 e. The Kier molecular flexibility index (Phi) is 5.63. The summed E-state index contributed by atoms with van der Waals surface area (Å²) in [5.41, 5.74) is 0.854. The van der Waals surface area contributed by atoms with Crippen LogP contribution in [0.25, 0.3) is 17.4 Å². The molecule has 138 valence electrons. The van der Waals surface area contributed by atoms with E-state index in [1.54, 1.807) is 34.1 Å². The Morgan fingerprint density at radius 3 is 2.30 bits per heavy atom. The summed E-state index contributed by atoms with van der Waals surface area (Å²) < 4.78 is 5.73. The molecule has 0 aliphatic carbocycles. The van der Waals surface area contributed by atoms with Gasteiger partial charge in [-0.25, -0.2) is 0 Å². The van der Waals surface area contributed by atoms with Gasteiger partial charge in [0.05, 0.1) is 0 Å². The molecule has 0 saturated carbocycles. The molecule has 0 radical (unpaired) electrons. The van der Waals surface area contributed by atoms with Crippen LogP contribution in [0.15, 0.2) is 46.4 Å². The average molecular weight is 384 g/mol. The smallest absolute Gasteiger partial charge is 0.264 e. The number of nitriles is 1. The fourth-order valence-corrected chi connectivity index (χ4v) is 3.00. The molecule has 2 aromatic rings. The lowest BCUT2D eigenvalue weighted by atomic mass is 10.2. The van der Waals surface area contributed by atoms with Crippen molar-refractivity contribution in [3.05, 3.63) is 52.8 Å². The van der Waals surface area contributed by atoms with Crippen LogP contribution in [0.1, 0.15) is 12.7 Å². The van der Waals surface area contributed by atoms with E-state index < -0.39 is 0 Å². The van der Waals surface area contributed by atoms with Crippen molar-refractivity contribution >= 4 is 29.5 Å². The molecule has 2 heterocycles. The van der Waals surface area contributed by atoms with Gasteiger partial charge in [0.1, 0.15) is 23.2 Å². The van der Waals surface area contributed by atoms with Gasteiger partial charge in [-0.1, -0.05) is 11.6 Å². The highest BCUT2D eigenvalue weighted by Gasteiger charge is 2.24. The molecule has 1 aliphatic heterocycles. The molecule has 7 heteroatoms. The summed E-state index contributed by atoms with van der Waals surface area (Å²) in [6.07, 6.45) is 1.44. The predicted octanol–water partition coefficient (Wildman–Crippen LogP) is 3.20. The molecular weight excluding hydrogens is 366 g/mol. The monoisotopic (exact) mass is 383 g/mol. The maximum absolute atomic E-state index is 12.6. The minimum atomic E-state index is -0.356. The van der Waals surface area contributed by atoms with Crippen LogP contribution in [0, 0.1) is 11.3 Å². The summed E-state index contributed by atoms with van der Waals surface area (Å²) in [6, 6.07) is 12.6. The van der Waals surface area contributed by atoms with E-state index >= 15 is 0 Å². The maximum atomic E-state index is 12.6. The van der Waals surface area contributed by atoms with Gasteiger partial charge in [0.2, 0.25) is 5.91 Å². The van der Waals surface area contributed by atoms with Gasteiger partial charge < -0.3 is 14.2 Å². The van der Waals surface area contributed by atoms with Gasteiger partial charge in [-0.05, 0) is 36.4 Å². The molecule has 1 aromatic carbocycles. The lowest BCUT2D eigenvalue weighted by molar-refractivity contribution is -0.135. The zero-order chi connectivity index (χ0) is 19.4. The van der Waals surface area contributed by atoms with Crippen molar-refractivity contribution in [2.75, 3.05) is 26.2 Å². The van der Waals surface area contributed by atoms with Crippen molar-refractivity contribution in [1.82, 2.24) is 9.80 Å². The normalized spacial score (nSPS) is 14.8. The van der Waals surface area contributed by atoms with Gasteiger partial charge in [0.15, 0.2) is 0 Å². The first-order chi connectivity index (χ1) is 13.0. The highest BCUT2D eigenvalue weighted by molar-refractivity contribution is 6.30. The van der Waals surface area contributed by atoms with E-state index in [1.807, 2.05) is 18.2 Å². The van der Waals surface area contributed by atoms with Gasteiger partial charge >= 0.3 is 0 Å². The Hall–Kier alpha value is -3.04. The first-order valence-corrected chi connectivity index (χ1v) is 8.88. The molecule has 0 bridgehead atoms. The molecule has 1 aromatic heterocycles. The highest BCUT2D eigenvalue weighted by atomic mass is 35.5. The molecule has 1 aliphatic rings. The number of hydrogen-bond acceptors (Lipinski definition) is 4. The number of carbonyl (C=O) groups excluding carboxylic acids is 2. The number of halogens is 1. The second-order valence-corrected chi connectivity index (χ2v) is 6.61. The van der Waals surface area contributed by atoms with Crippen LogP contribution in [0.5, 0.6) is 0 Å². The third-order valence-electron chi connectivity index (χ3n) is 4.41. The lowest BCUT2D eigenvalue weighted by Gasteiger charge is -2.34. The second kappa shape index (κ2) is 8.11. The van der Waals surface area contributed by atoms with E-state index in [2.05, 4.69) is 0 Å². The zero-order valence-electron chi connectivity index (χ0n) is 14.8. The van der Waals surface area contributed by atoms with Gasteiger partial charge in [-0.15, -0.1) is 0 Å². The predicted molar refractivity (Wildman–Crippen MR) is 102 cm³/mol. The Bertz CT molecular complexity index is 917. The first kappa shape index (κ1) is 18.7. The van der Waals surface area contributed by atoms with Gasteiger partial charge in [0, 0.05) is 49.8 Å². The van der Waals surface area contributed by atoms with Crippen molar-refractivity contribution in [2.24, 2.45) is 0 Å². The Labute approximate surface area is 162 Å². The Balaban J connectivity index is 1.73. The first-order valence-electron chi connectivity index (χ1n) is 8.50. The Morgan fingerprint density at radius 1 is 1.07 bits per heavy atom. The third-order valence-corrected chi connectivity index (χ3v) is 4.66. The van der Waals surface area contributed by atoms with Crippen LogP contribution in [0.3, 0.4) is 0 Å². The molecule has 0 unspecified atom stereocenters. The number of benzene rings is 1. The van der Waals surface area contributed by atoms with E-state index in [0.717, 1.165) is 5.56 Å². The fourth-order valence-electron chi connectivity index (χ4n) is 2.88. The van der Waals surface area contributed by atoms with Crippen molar-refractivity contribution in [3.63, 3.8) is 0 Å². The highest BCUT2D eigenvalue weighted by Crippen LogP contribution is 2.25. The van der Waals surface area contributed by atoms with E-state index in [9.17, 15) is 14.9 Å². The number of amides is 2. The van der Waals surface area contributed by atoms with Crippen LogP contribution in [0.2, 0.25) is 5.02 Å². The average Bonchev–Trinajstić information content (AvgIpc) is 3.15. The second-order valence-electron chi connectivity index (χ2n) is 6.18. The van der Waals surface area contributed by atoms with Crippen LogP contribution in [0.4, 0.5) is 0 Å².